The summed E-state index contributed by atoms with van der Waals surface area (Å²) >= 11 is 0. The van der Waals surface area contributed by atoms with E-state index in [1.807, 2.05) is 24.3 Å². The van der Waals surface area contributed by atoms with Gasteiger partial charge in [0.2, 0.25) is 0 Å². The fourth-order valence-electron chi connectivity index (χ4n) is 10.5. The Labute approximate surface area is 349 Å². The molecule has 0 heterocycles. The largest absolute Gasteiger partial charge is 0.0987 e. The first-order valence-corrected chi connectivity index (χ1v) is 20.3. The van der Waals surface area contributed by atoms with Crippen molar-refractivity contribution in [1.29, 1.82) is 0 Å². The van der Waals surface area contributed by atoms with Crippen LogP contribution in [-0.4, -0.2) is 0 Å². The molecule has 7 aromatic rings. The monoisotopic (exact) mass is 754 g/mol. The zero-order valence-corrected chi connectivity index (χ0v) is 33.6. The van der Waals surface area contributed by atoms with Gasteiger partial charge in [0.15, 0.2) is 0 Å². The summed E-state index contributed by atoms with van der Waals surface area (Å²) in [6.45, 7) is 24.6. The molecule has 0 bridgehead atoms. The molecule has 0 nitrogen and oxygen atoms in total. The molecule has 0 heteroatoms. The summed E-state index contributed by atoms with van der Waals surface area (Å²) in [6.07, 6.45) is 14.5. The maximum Gasteiger partial charge on any atom is 0.0714 e. The van der Waals surface area contributed by atoms with E-state index in [2.05, 4.69) is 216 Å². The minimum atomic E-state index is -0.679. The number of allylic oxidation sites excluding steroid dienone is 5. The van der Waals surface area contributed by atoms with Gasteiger partial charge in [-0.2, -0.15) is 0 Å². The first-order valence-electron chi connectivity index (χ1n) is 20.3. The lowest BCUT2D eigenvalue weighted by atomic mass is 9.65. The Morgan fingerprint density at radius 2 is 0.763 bits per heavy atom. The van der Waals surface area contributed by atoms with E-state index < -0.39 is 10.8 Å². The highest BCUT2D eigenvalue weighted by atomic mass is 14.5. The Hall–Kier alpha value is -7.28. The smallest absolute Gasteiger partial charge is 0.0714 e. The van der Waals surface area contributed by atoms with Gasteiger partial charge in [-0.1, -0.05) is 221 Å². The highest BCUT2D eigenvalue weighted by Gasteiger charge is 2.49. The quantitative estimate of drug-likeness (QED) is 0.123. The first-order chi connectivity index (χ1) is 29.1. The van der Waals surface area contributed by atoms with Crippen LogP contribution in [0.25, 0.3) is 52.1 Å². The van der Waals surface area contributed by atoms with Gasteiger partial charge in [0.1, 0.15) is 0 Å². The van der Waals surface area contributed by atoms with Gasteiger partial charge >= 0.3 is 0 Å². The third-order valence-electron chi connectivity index (χ3n) is 12.7. The minimum Gasteiger partial charge on any atom is -0.0987 e. The molecule has 2 aliphatic carbocycles. The number of fused-ring (bicyclic) bond motifs is 4. The third kappa shape index (κ3) is 5.16. The average Bonchev–Trinajstić information content (AvgIpc) is 3.76. The van der Waals surface area contributed by atoms with Crippen molar-refractivity contribution in [3.8, 4) is 22.3 Å². The van der Waals surface area contributed by atoms with Crippen LogP contribution in [0.4, 0.5) is 0 Å². The molecule has 0 unspecified atom stereocenters. The van der Waals surface area contributed by atoms with E-state index in [4.69, 9.17) is 0 Å². The highest BCUT2D eigenvalue weighted by molar-refractivity contribution is 6.02. The number of hydrogen-bond acceptors (Lipinski definition) is 0. The van der Waals surface area contributed by atoms with Gasteiger partial charge in [-0.05, 0) is 119 Å². The molecule has 0 aliphatic heterocycles. The zero-order valence-electron chi connectivity index (χ0n) is 33.6. The predicted molar refractivity (Wildman–Crippen MR) is 254 cm³/mol. The van der Waals surface area contributed by atoms with Gasteiger partial charge in [-0.25, -0.2) is 0 Å². The lowest BCUT2D eigenvalue weighted by Crippen LogP contribution is -2.29. The van der Waals surface area contributed by atoms with Gasteiger partial charge in [0, 0.05) is 0 Å². The van der Waals surface area contributed by atoms with Crippen molar-refractivity contribution < 1.29 is 0 Å². The number of benzene rings is 7. The summed E-state index contributed by atoms with van der Waals surface area (Å²) in [4.78, 5) is 0. The molecule has 0 amide bonds. The van der Waals surface area contributed by atoms with E-state index >= 15 is 0 Å². The van der Waals surface area contributed by atoms with E-state index in [-0.39, 0.29) is 0 Å². The Bertz CT molecular complexity index is 2800. The van der Waals surface area contributed by atoms with Gasteiger partial charge in [0.05, 0.1) is 10.8 Å². The van der Waals surface area contributed by atoms with E-state index in [1.54, 1.807) is 0 Å². The van der Waals surface area contributed by atoms with Crippen molar-refractivity contribution in [2.24, 2.45) is 0 Å². The maximum absolute atomic E-state index is 4.50. The second-order valence-corrected chi connectivity index (χ2v) is 15.2. The average molecular weight is 755 g/mol. The van der Waals surface area contributed by atoms with Gasteiger partial charge in [-0.3, -0.25) is 0 Å². The Balaban J connectivity index is 1.49. The zero-order chi connectivity index (χ0) is 40.7. The topological polar surface area (TPSA) is 0 Å². The number of rotatable bonds is 11. The van der Waals surface area contributed by atoms with E-state index in [9.17, 15) is 0 Å². The Morgan fingerprint density at radius 3 is 1.19 bits per heavy atom. The van der Waals surface area contributed by atoms with Crippen molar-refractivity contribution in [3.05, 3.63) is 281 Å². The summed E-state index contributed by atoms with van der Waals surface area (Å²) in [7, 11) is 0. The van der Waals surface area contributed by atoms with Crippen molar-refractivity contribution in [1.82, 2.24) is 0 Å². The predicted octanol–water partition coefficient (Wildman–Crippen LogP) is 15.2. The fourth-order valence-corrected chi connectivity index (χ4v) is 10.5. The van der Waals surface area contributed by atoms with Crippen molar-refractivity contribution in [2.75, 3.05) is 0 Å². The van der Waals surface area contributed by atoms with Gasteiger partial charge in [-0.15, -0.1) is 0 Å². The Morgan fingerprint density at radius 1 is 0.373 bits per heavy atom. The van der Waals surface area contributed by atoms with Crippen LogP contribution < -0.4 is 0 Å². The SMILES string of the molecule is C=CC1=C(/C=C\C)c2c(cc(-c3cc4c(c(C=C)c3C=C)-c3ccccc3C4(c3ccccc3)c3ccccc3)c(C=C)c2C=C)C1(c1ccccc1)c1ccccc1. The van der Waals surface area contributed by atoms with Crippen LogP contribution in [0, 0.1) is 0 Å². The van der Waals surface area contributed by atoms with Gasteiger partial charge in [0.25, 0.3) is 0 Å². The molecule has 2 aliphatic rings. The van der Waals surface area contributed by atoms with Crippen LogP contribution in [0.5, 0.6) is 0 Å². The van der Waals surface area contributed by atoms with Crippen LogP contribution in [0.2, 0.25) is 0 Å². The highest BCUT2D eigenvalue weighted by Crippen LogP contribution is 2.61. The van der Waals surface area contributed by atoms with Gasteiger partial charge < -0.3 is 0 Å². The third-order valence-corrected chi connectivity index (χ3v) is 12.7. The van der Waals surface area contributed by atoms with Crippen LogP contribution in [-0.2, 0) is 10.8 Å². The summed E-state index contributed by atoms with van der Waals surface area (Å²) < 4.78 is 0. The molecule has 59 heavy (non-hydrogen) atoms. The minimum absolute atomic E-state index is 0.610. The first kappa shape index (κ1) is 37.3. The second-order valence-electron chi connectivity index (χ2n) is 15.2. The Kier molecular flexibility index (Phi) is 9.42. The number of hydrogen-bond donors (Lipinski definition) is 0. The molecule has 7 aromatic carbocycles. The van der Waals surface area contributed by atoms with Crippen molar-refractivity contribution in [2.45, 2.75) is 17.8 Å². The standard InChI is InChI=1S/C59H46/c1-7-27-48-52(12-6)58(40-28-17-13-18-29-40,41-30-19-14-20-31-41)54-38-50(44(8-2)46(10-4)56(48)54)51-39-55-57(47(11-5)45(51)9-3)49-36-25-26-37-53(49)59(55,42-32-21-15-22-33-42)43-34-23-16-24-35-43/h7-39H,2-6H2,1H3/b27-7-. The van der Waals surface area contributed by atoms with E-state index in [1.165, 1.54) is 50.1 Å². The fraction of sp³-hybridized carbons (Fsp3) is 0.0508. The summed E-state index contributed by atoms with van der Waals surface area (Å²) in [6, 6.07) is 57.4. The lowest BCUT2D eigenvalue weighted by molar-refractivity contribution is 0.761. The molecule has 0 radical (unpaired) electrons. The molecule has 0 atom stereocenters. The molecular formula is C59H46. The summed E-state index contributed by atoms with van der Waals surface area (Å²) in [5, 5.41) is 0. The second kappa shape index (κ2) is 14.9. The van der Waals surface area contributed by atoms with Crippen LogP contribution in [0.3, 0.4) is 0 Å². The molecule has 0 fully saturated rings. The lowest BCUT2D eigenvalue weighted by Gasteiger charge is -2.36. The molecule has 9 rings (SSSR count). The normalized spacial score (nSPS) is 14.3. The molecular weight excluding hydrogens is 709 g/mol. The van der Waals surface area contributed by atoms with Crippen LogP contribution >= 0.6 is 0 Å². The molecule has 0 aromatic heterocycles. The maximum atomic E-state index is 4.50. The van der Waals surface area contributed by atoms with Crippen molar-refractivity contribution >= 4 is 29.9 Å². The van der Waals surface area contributed by atoms with E-state index in [0.717, 1.165) is 50.1 Å². The molecule has 0 saturated heterocycles. The van der Waals surface area contributed by atoms with Crippen molar-refractivity contribution in [3.63, 3.8) is 0 Å². The summed E-state index contributed by atoms with van der Waals surface area (Å²) in [5.74, 6) is 0. The van der Waals surface area contributed by atoms with Crippen LogP contribution in [0.1, 0.15) is 73.7 Å². The molecule has 0 spiro atoms. The molecule has 0 N–H and O–H groups in total. The molecule has 0 saturated carbocycles. The molecule has 282 valence electrons. The van der Waals surface area contributed by atoms with Crippen LogP contribution in [0.15, 0.2) is 214 Å². The summed E-state index contributed by atoms with van der Waals surface area (Å²) in [5.41, 5.74) is 19.1. The van der Waals surface area contributed by atoms with E-state index in [0.29, 0.717) is 0 Å².